The van der Waals surface area contributed by atoms with Crippen molar-refractivity contribution < 1.29 is 4.79 Å². The highest BCUT2D eigenvalue weighted by Crippen LogP contribution is 2.42. The number of carbonyl (C=O) groups is 1. The third-order valence-corrected chi connectivity index (χ3v) is 5.93. The van der Waals surface area contributed by atoms with Gasteiger partial charge in [-0.05, 0) is 67.9 Å². The van der Waals surface area contributed by atoms with Gasteiger partial charge in [-0.3, -0.25) is 4.79 Å². The molecule has 0 N–H and O–H groups in total. The van der Waals surface area contributed by atoms with Gasteiger partial charge in [-0.2, -0.15) is 0 Å². The Morgan fingerprint density at radius 1 is 0.947 bits per heavy atom. The van der Waals surface area contributed by atoms with Gasteiger partial charge in [-0.25, -0.2) is 0 Å². The van der Waals surface area contributed by atoms with Crippen LogP contribution in [-0.2, 0) is 4.79 Å². The Hall–Kier alpha value is -0.0400. The first-order valence-corrected chi connectivity index (χ1v) is 8.77. The fraction of sp³-hybridized carbons (Fsp3) is 0.941. The van der Waals surface area contributed by atoms with Crippen molar-refractivity contribution in [3.63, 3.8) is 0 Å². The van der Waals surface area contributed by atoms with Gasteiger partial charge in [0, 0.05) is 5.92 Å². The summed E-state index contributed by atoms with van der Waals surface area (Å²) in [6.07, 6.45) is 14.6. The molecule has 110 valence electrons. The number of hydrogen-bond donors (Lipinski definition) is 0. The molecule has 0 amide bonds. The van der Waals surface area contributed by atoms with Crippen molar-refractivity contribution in [2.24, 2.45) is 23.7 Å². The average Bonchev–Trinajstić information content (AvgIpc) is 2.46. The van der Waals surface area contributed by atoms with Crippen LogP contribution < -0.4 is 0 Å². The average molecular weight is 285 g/mol. The smallest absolute Gasteiger partial charge is 0.224 e. The Balaban J connectivity index is 1.69. The van der Waals surface area contributed by atoms with Gasteiger partial charge in [0.05, 0.1) is 0 Å². The second kappa shape index (κ2) is 7.67. The van der Waals surface area contributed by atoms with Crippen LogP contribution in [0.3, 0.4) is 0 Å². The highest BCUT2D eigenvalue weighted by molar-refractivity contribution is 6.63. The number of hydrogen-bond acceptors (Lipinski definition) is 1. The Bertz CT molecular complexity index is 273. The highest BCUT2D eigenvalue weighted by Gasteiger charge is 2.32. The summed E-state index contributed by atoms with van der Waals surface area (Å²) in [5.41, 5.74) is 0. The molecule has 0 atom stereocenters. The number of rotatable bonds is 5. The monoisotopic (exact) mass is 284 g/mol. The molecule has 2 heteroatoms. The van der Waals surface area contributed by atoms with Gasteiger partial charge in [0.15, 0.2) is 0 Å². The van der Waals surface area contributed by atoms with Crippen molar-refractivity contribution in [2.45, 2.75) is 77.6 Å². The first kappa shape index (κ1) is 15.4. The summed E-state index contributed by atoms with van der Waals surface area (Å²) in [5, 5.41) is -0.0956. The summed E-state index contributed by atoms with van der Waals surface area (Å²) in [5.74, 6) is 3.01. The van der Waals surface area contributed by atoms with Gasteiger partial charge in [0.1, 0.15) is 0 Å². The minimum Gasteiger partial charge on any atom is -0.281 e. The SMILES string of the molecule is CCCC[C@H]1CC[C@H]([C@H]2CC[C@H](C(=O)Cl)CC2)CC1. The molecule has 2 saturated carbocycles. The second-order valence-electron chi connectivity index (χ2n) is 6.84. The second-order valence-corrected chi connectivity index (χ2v) is 7.21. The molecule has 0 aromatic rings. The summed E-state index contributed by atoms with van der Waals surface area (Å²) < 4.78 is 0. The van der Waals surface area contributed by atoms with Gasteiger partial charge >= 0.3 is 0 Å². The van der Waals surface area contributed by atoms with Crippen molar-refractivity contribution in [3.05, 3.63) is 0 Å². The molecule has 0 heterocycles. The third-order valence-electron chi connectivity index (χ3n) is 5.62. The van der Waals surface area contributed by atoms with Gasteiger partial charge < -0.3 is 0 Å². The lowest BCUT2D eigenvalue weighted by Gasteiger charge is -2.37. The van der Waals surface area contributed by atoms with Gasteiger partial charge in [0.2, 0.25) is 5.24 Å². The molecule has 0 aromatic carbocycles. The zero-order valence-electron chi connectivity index (χ0n) is 12.4. The van der Waals surface area contributed by atoms with Crippen LogP contribution in [0.15, 0.2) is 0 Å². The molecule has 0 radical (unpaired) electrons. The molecule has 0 aliphatic heterocycles. The molecule has 0 aromatic heterocycles. The Kier molecular flexibility index (Phi) is 6.19. The van der Waals surface area contributed by atoms with E-state index in [-0.39, 0.29) is 11.2 Å². The Labute approximate surface area is 123 Å². The van der Waals surface area contributed by atoms with Crippen molar-refractivity contribution >= 4 is 16.8 Å². The van der Waals surface area contributed by atoms with E-state index in [1.54, 1.807) is 0 Å². The fourth-order valence-corrected chi connectivity index (χ4v) is 4.48. The summed E-state index contributed by atoms with van der Waals surface area (Å²) in [6.45, 7) is 2.29. The van der Waals surface area contributed by atoms with E-state index in [1.165, 1.54) is 57.8 Å². The molecular formula is C17H29ClO. The Morgan fingerprint density at radius 3 is 1.95 bits per heavy atom. The normalized spacial score (nSPS) is 36.1. The molecule has 0 bridgehead atoms. The maximum atomic E-state index is 11.2. The predicted octanol–water partition coefficient (Wildman–Crippen LogP) is 5.55. The van der Waals surface area contributed by atoms with Gasteiger partial charge in [0.25, 0.3) is 0 Å². The molecule has 2 aliphatic rings. The molecule has 1 nitrogen and oxygen atoms in total. The third kappa shape index (κ3) is 4.48. The minimum atomic E-state index is -0.0956. The van der Waals surface area contributed by atoms with Crippen LogP contribution in [0.25, 0.3) is 0 Å². The van der Waals surface area contributed by atoms with Crippen molar-refractivity contribution in [1.82, 2.24) is 0 Å². The molecule has 0 spiro atoms. The molecular weight excluding hydrogens is 256 g/mol. The number of unbranched alkanes of at least 4 members (excludes halogenated alkanes) is 1. The van der Waals surface area contributed by atoms with Crippen LogP contribution >= 0.6 is 11.6 Å². The summed E-state index contributed by atoms with van der Waals surface area (Å²) in [4.78, 5) is 11.2. The van der Waals surface area contributed by atoms with Gasteiger partial charge in [-0.1, -0.05) is 39.0 Å². The molecule has 2 aliphatic carbocycles. The van der Waals surface area contributed by atoms with E-state index < -0.39 is 0 Å². The van der Waals surface area contributed by atoms with Crippen LogP contribution in [0, 0.1) is 23.7 Å². The standard InChI is InChI=1S/C17H29ClO/c1-2-3-4-13-5-7-14(8-6-13)15-9-11-16(12-10-15)17(18)19/h13-16H,2-12H2,1H3/t13-,14-,15-,16-. The van der Waals surface area contributed by atoms with E-state index in [2.05, 4.69) is 6.92 Å². The minimum absolute atomic E-state index is 0.0956. The van der Waals surface area contributed by atoms with Crippen LogP contribution in [0.4, 0.5) is 0 Å². The van der Waals surface area contributed by atoms with Crippen molar-refractivity contribution in [1.29, 1.82) is 0 Å². The lowest BCUT2D eigenvalue weighted by Crippen LogP contribution is -2.27. The van der Waals surface area contributed by atoms with Crippen LogP contribution in [0.5, 0.6) is 0 Å². The molecule has 0 unspecified atom stereocenters. The van der Waals surface area contributed by atoms with Crippen LogP contribution in [0.1, 0.15) is 77.6 Å². The van der Waals surface area contributed by atoms with Crippen LogP contribution in [0.2, 0.25) is 0 Å². The summed E-state index contributed by atoms with van der Waals surface area (Å²) in [7, 11) is 0. The van der Waals surface area contributed by atoms with E-state index in [0.717, 1.165) is 30.6 Å². The zero-order chi connectivity index (χ0) is 13.7. The van der Waals surface area contributed by atoms with E-state index in [9.17, 15) is 4.79 Å². The summed E-state index contributed by atoms with van der Waals surface area (Å²) >= 11 is 5.62. The van der Waals surface area contributed by atoms with E-state index in [0.29, 0.717) is 0 Å². The maximum absolute atomic E-state index is 11.2. The van der Waals surface area contributed by atoms with Crippen molar-refractivity contribution in [2.75, 3.05) is 0 Å². The fourth-order valence-electron chi connectivity index (χ4n) is 4.26. The largest absolute Gasteiger partial charge is 0.281 e. The first-order valence-electron chi connectivity index (χ1n) is 8.40. The molecule has 2 rings (SSSR count). The first-order chi connectivity index (χ1) is 9.20. The highest BCUT2D eigenvalue weighted by atomic mass is 35.5. The van der Waals surface area contributed by atoms with E-state index >= 15 is 0 Å². The number of halogens is 1. The molecule has 0 saturated heterocycles. The molecule has 2 fully saturated rings. The maximum Gasteiger partial charge on any atom is 0.224 e. The lowest BCUT2D eigenvalue weighted by atomic mass is 9.69. The van der Waals surface area contributed by atoms with Gasteiger partial charge in [-0.15, -0.1) is 0 Å². The quantitative estimate of drug-likeness (QED) is 0.605. The topological polar surface area (TPSA) is 17.1 Å². The number of carbonyl (C=O) groups excluding carboxylic acids is 1. The lowest BCUT2D eigenvalue weighted by molar-refractivity contribution is -0.116. The predicted molar refractivity (Wildman–Crippen MR) is 81.3 cm³/mol. The zero-order valence-corrected chi connectivity index (χ0v) is 13.1. The van der Waals surface area contributed by atoms with Crippen LogP contribution in [-0.4, -0.2) is 5.24 Å². The molecule has 19 heavy (non-hydrogen) atoms. The van der Waals surface area contributed by atoms with E-state index in [1.807, 2.05) is 0 Å². The van der Waals surface area contributed by atoms with E-state index in [4.69, 9.17) is 11.6 Å². The van der Waals surface area contributed by atoms with Crippen molar-refractivity contribution in [3.8, 4) is 0 Å². The Morgan fingerprint density at radius 2 is 1.47 bits per heavy atom. The summed E-state index contributed by atoms with van der Waals surface area (Å²) in [6, 6.07) is 0.